The predicted molar refractivity (Wildman–Crippen MR) is 104 cm³/mol. The largest absolute Gasteiger partial charge is 0.493 e. The predicted octanol–water partition coefficient (Wildman–Crippen LogP) is 2.92. The average Bonchev–Trinajstić information content (AvgIpc) is 3.16. The summed E-state index contributed by atoms with van der Waals surface area (Å²) in [6.45, 7) is 3.02. The minimum Gasteiger partial charge on any atom is -0.493 e. The third-order valence-electron chi connectivity index (χ3n) is 5.62. The third-order valence-corrected chi connectivity index (χ3v) is 6.80. The third kappa shape index (κ3) is 3.36. The fraction of sp³-hybridized carbons (Fsp3) is 0.500. The van der Waals surface area contributed by atoms with Crippen molar-refractivity contribution >= 4 is 17.3 Å². The molecule has 0 unspecified atom stereocenters. The highest BCUT2D eigenvalue weighted by Gasteiger charge is 2.42. The van der Waals surface area contributed by atoms with Crippen molar-refractivity contribution in [1.29, 1.82) is 0 Å². The molecule has 0 aliphatic carbocycles. The summed E-state index contributed by atoms with van der Waals surface area (Å²) in [5, 5.41) is 9.35. The molecule has 2 aromatic rings. The van der Waals surface area contributed by atoms with E-state index in [1.807, 2.05) is 6.07 Å². The number of aromatic nitrogens is 1. The van der Waals surface area contributed by atoms with Gasteiger partial charge in [-0.2, -0.15) is 0 Å². The van der Waals surface area contributed by atoms with Gasteiger partial charge in [0.15, 0.2) is 11.5 Å². The van der Waals surface area contributed by atoms with Crippen LogP contribution in [0.3, 0.4) is 0 Å². The minimum atomic E-state index is -0.858. The highest BCUT2D eigenvalue weighted by atomic mass is 32.1. The van der Waals surface area contributed by atoms with E-state index in [0.29, 0.717) is 29.5 Å². The molecule has 150 valence electrons. The maximum absolute atomic E-state index is 11.4. The molecule has 0 atom stereocenters. The zero-order valence-electron chi connectivity index (χ0n) is 16.1. The smallest absolute Gasteiger partial charge is 0.345 e. The van der Waals surface area contributed by atoms with E-state index in [1.165, 1.54) is 11.3 Å². The van der Waals surface area contributed by atoms with Crippen LogP contribution in [0.2, 0.25) is 0 Å². The zero-order chi connectivity index (χ0) is 19.7. The van der Waals surface area contributed by atoms with Gasteiger partial charge in [-0.05, 0) is 24.5 Å². The first-order valence-corrected chi connectivity index (χ1v) is 10.2. The van der Waals surface area contributed by atoms with Crippen molar-refractivity contribution in [3.8, 4) is 11.5 Å². The van der Waals surface area contributed by atoms with Gasteiger partial charge in [-0.15, -0.1) is 11.3 Å². The molecule has 4 rings (SSSR count). The van der Waals surface area contributed by atoms with Crippen LogP contribution in [-0.2, 0) is 23.3 Å². The number of carbonyl (C=O) groups is 1. The highest BCUT2D eigenvalue weighted by molar-refractivity contribution is 7.14. The number of hydrogen-bond acceptors (Lipinski definition) is 7. The fourth-order valence-corrected chi connectivity index (χ4v) is 5.25. The second-order valence-electron chi connectivity index (χ2n) is 7.11. The van der Waals surface area contributed by atoms with Gasteiger partial charge < -0.3 is 19.3 Å². The maximum Gasteiger partial charge on any atom is 0.345 e. The lowest BCUT2D eigenvalue weighted by atomic mass is 9.82. The number of rotatable bonds is 5. The van der Waals surface area contributed by atoms with Gasteiger partial charge in [0.2, 0.25) is 0 Å². The molecule has 1 saturated heterocycles. The summed E-state index contributed by atoms with van der Waals surface area (Å²) in [4.78, 5) is 19.8. The molecule has 1 fully saturated rings. The fourth-order valence-electron chi connectivity index (χ4n) is 4.18. The molecule has 2 aromatic heterocycles. The summed E-state index contributed by atoms with van der Waals surface area (Å²) in [6, 6.07) is 3.62. The Kier molecular flexibility index (Phi) is 5.27. The first-order chi connectivity index (χ1) is 13.6. The molecule has 8 heteroatoms. The van der Waals surface area contributed by atoms with E-state index < -0.39 is 5.97 Å². The van der Waals surface area contributed by atoms with Gasteiger partial charge in [0, 0.05) is 43.2 Å². The Morgan fingerprint density at radius 3 is 2.82 bits per heavy atom. The lowest BCUT2D eigenvalue weighted by Crippen LogP contribution is -2.46. The van der Waals surface area contributed by atoms with Crippen LogP contribution in [0.5, 0.6) is 11.5 Å². The number of hydrogen-bond donors (Lipinski definition) is 1. The quantitative estimate of drug-likeness (QED) is 0.821. The van der Waals surface area contributed by atoms with E-state index >= 15 is 0 Å². The number of carboxylic acids is 1. The maximum atomic E-state index is 11.4. The number of fused-ring (bicyclic) bond motifs is 2. The van der Waals surface area contributed by atoms with Crippen LogP contribution in [0.15, 0.2) is 18.3 Å². The summed E-state index contributed by atoms with van der Waals surface area (Å²) < 4.78 is 17.1. The van der Waals surface area contributed by atoms with Crippen LogP contribution in [-0.4, -0.2) is 54.9 Å². The van der Waals surface area contributed by atoms with Gasteiger partial charge in [0.1, 0.15) is 10.6 Å². The number of aromatic carboxylic acids is 1. The molecular weight excluding hydrogens is 380 g/mol. The summed E-state index contributed by atoms with van der Waals surface area (Å²) in [5.74, 6) is 0.495. The van der Waals surface area contributed by atoms with Crippen molar-refractivity contribution < 1.29 is 24.1 Å². The Hall–Kier alpha value is -2.16. The molecule has 0 aromatic carbocycles. The van der Waals surface area contributed by atoms with Gasteiger partial charge in [-0.3, -0.25) is 9.88 Å². The van der Waals surface area contributed by atoms with Crippen LogP contribution in [0.1, 0.15) is 38.6 Å². The van der Waals surface area contributed by atoms with E-state index in [4.69, 9.17) is 14.2 Å². The lowest BCUT2D eigenvalue weighted by Gasteiger charge is -2.44. The highest BCUT2D eigenvalue weighted by Crippen LogP contribution is 2.45. The molecule has 4 heterocycles. The summed E-state index contributed by atoms with van der Waals surface area (Å²) >= 11 is 1.39. The van der Waals surface area contributed by atoms with Crippen LogP contribution in [0.25, 0.3) is 0 Å². The number of methoxy groups -OCH3 is 2. The molecule has 1 spiro atoms. The zero-order valence-corrected chi connectivity index (χ0v) is 16.9. The number of nitrogens with zero attached hydrogens (tertiary/aromatic N) is 2. The van der Waals surface area contributed by atoms with Crippen LogP contribution < -0.4 is 9.47 Å². The second-order valence-corrected chi connectivity index (χ2v) is 8.25. The standard InChI is InChI=1S/C20H24N2O5S/c1-25-15-3-7-21-14(18(15)26-2)12-22-8-5-20(6-9-22)13-11-17(19(23)24)28-16(13)4-10-27-20/h3,7,11H,4-6,8-10,12H2,1-2H3,(H,23,24). The molecule has 0 saturated carbocycles. The summed E-state index contributed by atoms with van der Waals surface area (Å²) in [6.07, 6.45) is 4.20. The summed E-state index contributed by atoms with van der Waals surface area (Å²) in [5.41, 5.74) is 1.57. The number of carboxylic acid groups (broad SMARTS) is 1. The topological polar surface area (TPSA) is 81.1 Å². The van der Waals surface area contributed by atoms with Crippen molar-refractivity contribution in [2.75, 3.05) is 33.9 Å². The van der Waals surface area contributed by atoms with Crippen LogP contribution in [0, 0.1) is 0 Å². The Bertz CT molecular complexity index is 873. The van der Waals surface area contributed by atoms with Gasteiger partial charge in [-0.1, -0.05) is 0 Å². The Morgan fingerprint density at radius 2 is 2.14 bits per heavy atom. The van der Waals surface area contributed by atoms with Crippen molar-refractivity contribution in [3.63, 3.8) is 0 Å². The second kappa shape index (κ2) is 7.69. The average molecular weight is 404 g/mol. The molecule has 2 aliphatic rings. The SMILES string of the molecule is COc1ccnc(CN2CCC3(CC2)OCCc2sc(C(=O)O)cc23)c1OC. The number of ether oxygens (including phenoxy) is 3. The van der Waals surface area contributed by atoms with Crippen LogP contribution in [0.4, 0.5) is 0 Å². The Balaban J connectivity index is 1.50. The van der Waals surface area contributed by atoms with Crippen molar-refractivity contribution in [1.82, 2.24) is 9.88 Å². The first kappa shape index (κ1) is 19.2. The number of thiophene rings is 1. The molecule has 28 heavy (non-hydrogen) atoms. The van der Waals surface area contributed by atoms with Crippen LogP contribution >= 0.6 is 11.3 Å². The lowest BCUT2D eigenvalue weighted by molar-refractivity contribution is -0.0982. The molecule has 7 nitrogen and oxygen atoms in total. The van der Waals surface area contributed by atoms with Crippen molar-refractivity contribution in [2.45, 2.75) is 31.4 Å². The number of likely N-dealkylation sites (tertiary alicyclic amines) is 1. The van der Waals surface area contributed by atoms with Gasteiger partial charge in [0.25, 0.3) is 0 Å². The molecule has 0 bridgehead atoms. The minimum absolute atomic E-state index is 0.361. The van der Waals surface area contributed by atoms with E-state index in [-0.39, 0.29) is 5.60 Å². The van der Waals surface area contributed by atoms with Crippen molar-refractivity contribution in [2.24, 2.45) is 0 Å². The Morgan fingerprint density at radius 1 is 1.36 bits per heavy atom. The van der Waals surface area contributed by atoms with Gasteiger partial charge >= 0.3 is 5.97 Å². The van der Waals surface area contributed by atoms with E-state index in [9.17, 15) is 9.90 Å². The normalized spacial score (nSPS) is 18.6. The summed E-state index contributed by atoms with van der Waals surface area (Å²) in [7, 11) is 3.25. The first-order valence-electron chi connectivity index (χ1n) is 9.35. The molecule has 0 radical (unpaired) electrons. The van der Waals surface area contributed by atoms with E-state index in [0.717, 1.165) is 48.5 Å². The molecule has 1 N–H and O–H groups in total. The molecule has 2 aliphatic heterocycles. The molecule has 0 amide bonds. The van der Waals surface area contributed by atoms with E-state index in [2.05, 4.69) is 9.88 Å². The van der Waals surface area contributed by atoms with E-state index in [1.54, 1.807) is 26.5 Å². The monoisotopic (exact) mass is 404 g/mol. The molecular formula is C20H24N2O5S. The van der Waals surface area contributed by atoms with Gasteiger partial charge in [-0.25, -0.2) is 4.79 Å². The van der Waals surface area contributed by atoms with Crippen molar-refractivity contribution in [3.05, 3.63) is 39.3 Å². The van der Waals surface area contributed by atoms with Gasteiger partial charge in [0.05, 0.1) is 26.4 Å². The Labute approximate surface area is 167 Å². The number of pyridine rings is 1. The number of piperidine rings is 1.